The van der Waals surface area contributed by atoms with E-state index in [2.05, 4.69) is 5.32 Å². The molecule has 74 valence electrons. The lowest BCUT2D eigenvalue weighted by Gasteiger charge is -2.23. The number of rotatable bonds is 3. The Balaban J connectivity index is 2.42. The molecular formula is C8H15N3O2. The molecule has 0 spiro atoms. The van der Waals surface area contributed by atoms with Crippen LogP contribution in [0.4, 0.5) is 0 Å². The van der Waals surface area contributed by atoms with Crippen molar-refractivity contribution in [2.24, 2.45) is 17.4 Å². The first-order valence-corrected chi connectivity index (χ1v) is 4.44. The molecule has 2 amide bonds. The topological polar surface area (TPSA) is 98.2 Å². The second kappa shape index (κ2) is 4.23. The third-order valence-corrected chi connectivity index (χ3v) is 2.30. The minimum absolute atomic E-state index is 0.0112. The molecule has 1 aliphatic rings. The first-order valence-electron chi connectivity index (χ1n) is 4.44. The van der Waals surface area contributed by atoms with Crippen LogP contribution in [0.1, 0.15) is 19.3 Å². The van der Waals surface area contributed by atoms with Gasteiger partial charge in [0.25, 0.3) is 0 Å². The minimum atomic E-state index is -0.700. The Bertz CT molecular complexity index is 217. The monoisotopic (exact) mass is 185 g/mol. The number of nitrogens with one attached hydrogen (secondary N) is 1. The highest BCUT2D eigenvalue weighted by Gasteiger charge is 2.25. The Labute approximate surface area is 76.8 Å². The lowest BCUT2D eigenvalue weighted by atomic mass is 9.92. The second-order valence-electron chi connectivity index (χ2n) is 3.37. The molecule has 1 aliphatic heterocycles. The van der Waals surface area contributed by atoms with Crippen LogP contribution in [0.3, 0.4) is 0 Å². The quantitative estimate of drug-likeness (QED) is 0.510. The molecule has 0 aromatic carbocycles. The van der Waals surface area contributed by atoms with Crippen molar-refractivity contribution >= 4 is 11.8 Å². The van der Waals surface area contributed by atoms with Gasteiger partial charge in [0.2, 0.25) is 11.8 Å². The summed E-state index contributed by atoms with van der Waals surface area (Å²) in [4.78, 5) is 21.9. The number of piperidine rings is 1. The summed E-state index contributed by atoms with van der Waals surface area (Å²) in [5.74, 6) is -0.697. The molecule has 5 N–H and O–H groups in total. The molecule has 0 radical (unpaired) electrons. The van der Waals surface area contributed by atoms with Crippen molar-refractivity contribution in [1.29, 1.82) is 0 Å². The van der Waals surface area contributed by atoms with Crippen molar-refractivity contribution in [3.63, 3.8) is 0 Å². The van der Waals surface area contributed by atoms with Crippen molar-refractivity contribution in [3.05, 3.63) is 0 Å². The van der Waals surface area contributed by atoms with Crippen molar-refractivity contribution in [3.8, 4) is 0 Å². The molecule has 1 saturated heterocycles. The van der Waals surface area contributed by atoms with E-state index in [-0.39, 0.29) is 11.8 Å². The van der Waals surface area contributed by atoms with E-state index in [1.165, 1.54) is 0 Å². The number of hydrogen-bond acceptors (Lipinski definition) is 3. The number of hydrogen-bond donors (Lipinski definition) is 3. The molecule has 1 rings (SSSR count). The summed E-state index contributed by atoms with van der Waals surface area (Å²) in [6.45, 7) is 0.723. The van der Waals surface area contributed by atoms with Crippen molar-refractivity contribution < 1.29 is 9.59 Å². The Morgan fingerprint density at radius 1 is 1.69 bits per heavy atom. The third-order valence-electron chi connectivity index (χ3n) is 2.30. The van der Waals surface area contributed by atoms with E-state index in [9.17, 15) is 9.59 Å². The third kappa shape index (κ3) is 2.69. The van der Waals surface area contributed by atoms with Gasteiger partial charge in [-0.3, -0.25) is 9.59 Å². The van der Waals surface area contributed by atoms with Gasteiger partial charge in [-0.1, -0.05) is 0 Å². The van der Waals surface area contributed by atoms with Crippen LogP contribution in [-0.4, -0.2) is 24.4 Å². The molecule has 1 heterocycles. The fourth-order valence-corrected chi connectivity index (χ4v) is 1.48. The van der Waals surface area contributed by atoms with Gasteiger partial charge in [0.05, 0.1) is 6.04 Å². The van der Waals surface area contributed by atoms with E-state index in [0.717, 1.165) is 19.4 Å². The van der Waals surface area contributed by atoms with Gasteiger partial charge in [-0.25, -0.2) is 0 Å². The lowest BCUT2D eigenvalue weighted by Crippen LogP contribution is -2.43. The Kier molecular flexibility index (Phi) is 3.25. The molecule has 0 aromatic rings. The van der Waals surface area contributed by atoms with Crippen LogP contribution in [-0.2, 0) is 9.59 Å². The molecule has 0 aliphatic carbocycles. The van der Waals surface area contributed by atoms with E-state index < -0.39 is 11.9 Å². The summed E-state index contributed by atoms with van der Waals surface area (Å²) >= 11 is 0. The van der Waals surface area contributed by atoms with Crippen LogP contribution >= 0.6 is 0 Å². The molecule has 13 heavy (non-hydrogen) atoms. The summed E-state index contributed by atoms with van der Waals surface area (Å²) in [7, 11) is 0. The normalized spacial score (nSPS) is 25.0. The van der Waals surface area contributed by atoms with Crippen LogP contribution in [0.15, 0.2) is 0 Å². The Morgan fingerprint density at radius 2 is 2.38 bits per heavy atom. The smallest absolute Gasteiger partial charge is 0.234 e. The van der Waals surface area contributed by atoms with E-state index in [1.807, 2.05) is 0 Å². The van der Waals surface area contributed by atoms with E-state index in [4.69, 9.17) is 11.5 Å². The second-order valence-corrected chi connectivity index (χ2v) is 3.37. The van der Waals surface area contributed by atoms with Gasteiger partial charge in [-0.05, 0) is 19.3 Å². The zero-order chi connectivity index (χ0) is 9.84. The fraction of sp³-hybridized carbons (Fsp3) is 0.750. The minimum Gasteiger partial charge on any atom is -0.368 e. The molecule has 0 aromatic heterocycles. The van der Waals surface area contributed by atoms with Gasteiger partial charge in [0, 0.05) is 12.5 Å². The summed E-state index contributed by atoms with van der Waals surface area (Å²) in [5, 5.41) is 2.73. The maximum atomic E-state index is 11.2. The zero-order valence-corrected chi connectivity index (χ0v) is 7.45. The average Bonchev–Trinajstić information content (AvgIpc) is 2.08. The zero-order valence-electron chi connectivity index (χ0n) is 7.45. The van der Waals surface area contributed by atoms with Gasteiger partial charge in [0.15, 0.2) is 0 Å². The number of carbonyl (C=O) groups excluding carboxylic acids is 2. The first-order chi connectivity index (χ1) is 6.11. The maximum Gasteiger partial charge on any atom is 0.234 e. The summed E-state index contributed by atoms with van der Waals surface area (Å²) in [6.07, 6.45) is 2.11. The molecule has 1 fully saturated rings. The number of nitrogens with two attached hydrogens (primary N) is 2. The van der Waals surface area contributed by atoms with Gasteiger partial charge >= 0.3 is 0 Å². The number of carbonyl (C=O) groups is 2. The standard InChI is InChI=1S/C8H15N3O2/c9-6(7(10)12)4-5-2-1-3-11-8(5)13/h5-6H,1-4,9H2,(H2,10,12)(H,11,13)/t5-,6-/m0/s1. The molecule has 5 heteroatoms. The van der Waals surface area contributed by atoms with Crippen LogP contribution < -0.4 is 16.8 Å². The summed E-state index contributed by atoms with van der Waals surface area (Å²) < 4.78 is 0. The van der Waals surface area contributed by atoms with E-state index in [0.29, 0.717) is 6.42 Å². The summed E-state index contributed by atoms with van der Waals surface area (Å²) in [6, 6.07) is -0.700. The molecule has 5 nitrogen and oxygen atoms in total. The summed E-state index contributed by atoms with van der Waals surface area (Å²) in [5.41, 5.74) is 10.5. The largest absolute Gasteiger partial charge is 0.368 e. The number of amides is 2. The van der Waals surface area contributed by atoms with Gasteiger partial charge in [-0.2, -0.15) is 0 Å². The highest BCUT2D eigenvalue weighted by Crippen LogP contribution is 2.16. The van der Waals surface area contributed by atoms with Crippen LogP contribution in [0.25, 0.3) is 0 Å². The highest BCUT2D eigenvalue weighted by molar-refractivity contribution is 5.83. The van der Waals surface area contributed by atoms with E-state index in [1.54, 1.807) is 0 Å². The molecule has 0 saturated carbocycles. The Hall–Kier alpha value is -1.10. The molecule has 2 atom stereocenters. The van der Waals surface area contributed by atoms with E-state index >= 15 is 0 Å². The number of primary amides is 1. The lowest BCUT2D eigenvalue weighted by molar-refractivity contribution is -0.127. The van der Waals surface area contributed by atoms with Crippen LogP contribution in [0.2, 0.25) is 0 Å². The van der Waals surface area contributed by atoms with Crippen molar-refractivity contribution in [2.45, 2.75) is 25.3 Å². The van der Waals surface area contributed by atoms with Gasteiger partial charge < -0.3 is 16.8 Å². The van der Waals surface area contributed by atoms with Crippen molar-refractivity contribution in [2.75, 3.05) is 6.54 Å². The Morgan fingerprint density at radius 3 is 2.92 bits per heavy atom. The average molecular weight is 185 g/mol. The van der Waals surface area contributed by atoms with Crippen LogP contribution in [0.5, 0.6) is 0 Å². The molecule has 0 unspecified atom stereocenters. The highest BCUT2D eigenvalue weighted by atomic mass is 16.2. The van der Waals surface area contributed by atoms with Crippen LogP contribution in [0, 0.1) is 5.92 Å². The predicted molar refractivity (Wildman–Crippen MR) is 47.5 cm³/mol. The predicted octanol–water partition coefficient (Wildman–Crippen LogP) is -1.28. The molecular weight excluding hydrogens is 170 g/mol. The van der Waals surface area contributed by atoms with Gasteiger partial charge in [-0.15, -0.1) is 0 Å². The fourth-order valence-electron chi connectivity index (χ4n) is 1.48. The maximum absolute atomic E-state index is 11.2. The SMILES string of the molecule is NC(=O)[C@@H](N)C[C@@H]1CCCNC1=O. The van der Waals surface area contributed by atoms with Gasteiger partial charge in [0.1, 0.15) is 0 Å². The molecule has 0 bridgehead atoms. The first kappa shape index (κ1) is 9.98. The van der Waals surface area contributed by atoms with Crippen molar-refractivity contribution in [1.82, 2.24) is 5.32 Å².